The highest BCUT2D eigenvalue weighted by Gasteiger charge is 2.22. The maximum Gasteiger partial charge on any atom is 0.345 e. The lowest BCUT2D eigenvalue weighted by atomic mass is 10.0. The number of esters is 2. The molecule has 1 aliphatic heterocycles. The third kappa shape index (κ3) is 3.24. The fourth-order valence-electron chi connectivity index (χ4n) is 2.31. The summed E-state index contributed by atoms with van der Waals surface area (Å²) in [5.41, 5.74) is 0.0955. The molecular formula is C15H18N2O5. The lowest BCUT2D eigenvalue weighted by Gasteiger charge is -2.20. The van der Waals surface area contributed by atoms with Crippen LogP contribution in [0.4, 0.5) is 0 Å². The lowest BCUT2D eigenvalue weighted by Crippen LogP contribution is -2.32. The van der Waals surface area contributed by atoms with Gasteiger partial charge in [0.1, 0.15) is 11.4 Å². The predicted molar refractivity (Wildman–Crippen MR) is 78.3 cm³/mol. The van der Waals surface area contributed by atoms with Crippen molar-refractivity contribution >= 4 is 17.5 Å². The van der Waals surface area contributed by atoms with E-state index in [2.05, 4.69) is 4.98 Å². The van der Waals surface area contributed by atoms with E-state index in [-0.39, 0.29) is 18.8 Å². The average molecular weight is 306 g/mol. The molecule has 0 radical (unpaired) electrons. The first-order valence-corrected chi connectivity index (χ1v) is 7.23. The summed E-state index contributed by atoms with van der Waals surface area (Å²) >= 11 is 0. The highest BCUT2D eigenvalue weighted by Crippen LogP contribution is 2.23. The topological polar surface area (TPSA) is 87.5 Å². The molecule has 0 saturated heterocycles. The summed E-state index contributed by atoms with van der Waals surface area (Å²) in [5, 5.41) is 0. The third-order valence-corrected chi connectivity index (χ3v) is 3.24. The van der Waals surface area contributed by atoms with Crippen molar-refractivity contribution in [1.82, 2.24) is 9.55 Å². The van der Waals surface area contributed by atoms with E-state index in [1.807, 2.05) is 0 Å². The van der Waals surface area contributed by atoms with Gasteiger partial charge in [-0.1, -0.05) is 0 Å². The van der Waals surface area contributed by atoms with Crippen molar-refractivity contribution < 1.29 is 19.1 Å². The van der Waals surface area contributed by atoms with Gasteiger partial charge < -0.3 is 9.47 Å². The Morgan fingerprint density at radius 2 is 2.05 bits per heavy atom. The van der Waals surface area contributed by atoms with Gasteiger partial charge in [-0.15, -0.1) is 0 Å². The van der Waals surface area contributed by atoms with E-state index >= 15 is 0 Å². The lowest BCUT2D eigenvalue weighted by molar-refractivity contribution is -0.137. The number of rotatable bonds is 4. The van der Waals surface area contributed by atoms with Crippen LogP contribution in [0.15, 0.2) is 17.1 Å². The third-order valence-electron chi connectivity index (χ3n) is 3.24. The molecule has 0 atom stereocenters. The van der Waals surface area contributed by atoms with Crippen molar-refractivity contribution in [2.24, 2.45) is 0 Å². The maximum atomic E-state index is 12.4. The number of allylic oxidation sites excluding steroid dienone is 1. The molecule has 1 aliphatic rings. The molecule has 22 heavy (non-hydrogen) atoms. The molecule has 0 saturated carbocycles. The van der Waals surface area contributed by atoms with Gasteiger partial charge >= 0.3 is 11.9 Å². The molecule has 0 N–H and O–H groups in total. The molecule has 1 aromatic heterocycles. The van der Waals surface area contributed by atoms with E-state index < -0.39 is 17.5 Å². The molecule has 0 aliphatic carbocycles. The largest absolute Gasteiger partial charge is 0.463 e. The number of carbonyl (C=O) groups excluding carboxylic acids is 2. The smallest absolute Gasteiger partial charge is 0.345 e. The van der Waals surface area contributed by atoms with Crippen LogP contribution >= 0.6 is 0 Å². The SMILES string of the molecule is CCOC(=O)/C=C1/CCCn2c1ncc(C(=O)OCC)c2=O. The molecular weight excluding hydrogens is 288 g/mol. The summed E-state index contributed by atoms with van der Waals surface area (Å²) in [4.78, 5) is 39.8. The number of ether oxygens (including phenoxy) is 2. The monoisotopic (exact) mass is 306 g/mol. The fourth-order valence-corrected chi connectivity index (χ4v) is 2.31. The molecule has 118 valence electrons. The van der Waals surface area contributed by atoms with Crippen molar-refractivity contribution in [3.63, 3.8) is 0 Å². The van der Waals surface area contributed by atoms with Crippen molar-refractivity contribution in [2.45, 2.75) is 33.2 Å². The minimum Gasteiger partial charge on any atom is -0.463 e. The van der Waals surface area contributed by atoms with Crippen LogP contribution in [0, 0.1) is 0 Å². The Morgan fingerprint density at radius 3 is 2.73 bits per heavy atom. The Balaban J connectivity index is 2.42. The van der Waals surface area contributed by atoms with Crippen LogP contribution in [0.1, 0.15) is 42.9 Å². The van der Waals surface area contributed by atoms with Gasteiger partial charge in [0.2, 0.25) is 0 Å². The first kappa shape index (κ1) is 15.9. The molecule has 7 heteroatoms. The molecule has 0 unspecified atom stereocenters. The van der Waals surface area contributed by atoms with Gasteiger partial charge in [-0.2, -0.15) is 0 Å². The second-order valence-corrected chi connectivity index (χ2v) is 4.70. The first-order valence-electron chi connectivity index (χ1n) is 7.23. The summed E-state index contributed by atoms with van der Waals surface area (Å²) in [7, 11) is 0. The van der Waals surface area contributed by atoms with Gasteiger partial charge in [0.05, 0.1) is 13.2 Å². The van der Waals surface area contributed by atoms with Gasteiger partial charge in [0.15, 0.2) is 0 Å². The maximum absolute atomic E-state index is 12.4. The van der Waals surface area contributed by atoms with Crippen LogP contribution in [-0.2, 0) is 20.8 Å². The van der Waals surface area contributed by atoms with Crippen molar-refractivity contribution in [1.29, 1.82) is 0 Å². The number of hydrogen-bond acceptors (Lipinski definition) is 6. The quantitative estimate of drug-likeness (QED) is 0.613. The molecule has 0 fully saturated rings. The number of nitrogens with zero attached hydrogens (tertiary/aromatic N) is 2. The standard InChI is InChI=1S/C15H18N2O5/c1-3-21-12(18)8-10-6-5-7-17-13(10)16-9-11(14(17)19)15(20)22-4-2/h8-9H,3-7H2,1-2H3/b10-8-. The van der Waals surface area contributed by atoms with Gasteiger partial charge in [0, 0.05) is 24.4 Å². The van der Waals surface area contributed by atoms with E-state index in [1.54, 1.807) is 13.8 Å². The van der Waals surface area contributed by atoms with Crippen LogP contribution < -0.4 is 5.56 Å². The molecule has 0 amide bonds. The van der Waals surface area contributed by atoms with Crippen LogP contribution in [-0.4, -0.2) is 34.7 Å². The average Bonchev–Trinajstić information content (AvgIpc) is 2.48. The zero-order valence-corrected chi connectivity index (χ0v) is 12.6. The van der Waals surface area contributed by atoms with E-state index in [0.717, 1.165) is 0 Å². The van der Waals surface area contributed by atoms with E-state index in [1.165, 1.54) is 16.8 Å². The van der Waals surface area contributed by atoms with Gasteiger partial charge in [-0.3, -0.25) is 9.36 Å². The first-order chi connectivity index (χ1) is 10.6. The summed E-state index contributed by atoms with van der Waals surface area (Å²) in [6, 6.07) is 0. The summed E-state index contributed by atoms with van der Waals surface area (Å²) in [6.07, 6.45) is 3.87. The molecule has 2 rings (SSSR count). The zero-order chi connectivity index (χ0) is 16.1. The molecule has 7 nitrogen and oxygen atoms in total. The Kier molecular flexibility index (Phi) is 5.08. The number of carbonyl (C=O) groups is 2. The fraction of sp³-hybridized carbons (Fsp3) is 0.467. The highest BCUT2D eigenvalue weighted by molar-refractivity contribution is 5.91. The Morgan fingerprint density at radius 1 is 1.32 bits per heavy atom. The van der Waals surface area contributed by atoms with E-state index in [0.29, 0.717) is 30.8 Å². The molecule has 0 spiro atoms. The van der Waals surface area contributed by atoms with Crippen LogP contribution in [0.5, 0.6) is 0 Å². The second kappa shape index (κ2) is 7.02. The summed E-state index contributed by atoms with van der Waals surface area (Å²) in [5.74, 6) is -0.746. The van der Waals surface area contributed by atoms with Crippen LogP contribution in [0.3, 0.4) is 0 Å². The number of fused-ring (bicyclic) bond motifs is 1. The highest BCUT2D eigenvalue weighted by atomic mass is 16.5. The van der Waals surface area contributed by atoms with Gasteiger partial charge in [-0.05, 0) is 26.7 Å². The van der Waals surface area contributed by atoms with E-state index in [4.69, 9.17) is 9.47 Å². The minimum atomic E-state index is -0.684. The molecule has 0 bridgehead atoms. The minimum absolute atomic E-state index is 0.0945. The Hall–Kier alpha value is -2.44. The van der Waals surface area contributed by atoms with Crippen molar-refractivity contribution in [2.75, 3.05) is 13.2 Å². The molecule has 0 aromatic carbocycles. The number of aromatic nitrogens is 2. The van der Waals surface area contributed by atoms with Crippen molar-refractivity contribution in [3.8, 4) is 0 Å². The van der Waals surface area contributed by atoms with E-state index in [9.17, 15) is 14.4 Å². The number of hydrogen-bond donors (Lipinski definition) is 0. The normalized spacial score (nSPS) is 15.3. The van der Waals surface area contributed by atoms with Crippen LogP contribution in [0.25, 0.3) is 5.57 Å². The van der Waals surface area contributed by atoms with Crippen LogP contribution in [0.2, 0.25) is 0 Å². The molecule has 1 aromatic rings. The predicted octanol–water partition coefficient (Wildman–Crippen LogP) is 1.16. The summed E-state index contributed by atoms with van der Waals surface area (Å²) < 4.78 is 11.1. The van der Waals surface area contributed by atoms with Gasteiger partial charge in [-0.25, -0.2) is 14.6 Å². The molecule has 2 heterocycles. The van der Waals surface area contributed by atoms with Gasteiger partial charge in [0.25, 0.3) is 5.56 Å². The van der Waals surface area contributed by atoms with Crippen molar-refractivity contribution in [3.05, 3.63) is 34.0 Å². The summed E-state index contributed by atoms with van der Waals surface area (Å²) in [6.45, 7) is 4.31. The second-order valence-electron chi connectivity index (χ2n) is 4.70. The Labute approximate surface area is 127 Å². The Bertz CT molecular complexity index is 675. The zero-order valence-electron chi connectivity index (χ0n) is 12.6.